The number of carbonyl (C=O) groups excluding carboxylic acids is 2. The molecule has 2 aromatic heterocycles. The van der Waals surface area contributed by atoms with Crippen molar-refractivity contribution in [3.63, 3.8) is 0 Å². The third-order valence-electron chi connectivity index (χ3n) is 7.77. The number of ether oxygens (including phenoxy) is 2. The van der Waals surface area contributed by atoms with Crippen LogP contribution < -0.4 is 9.47 Å². The number of benzene rings is 4. The van der Waals surface area contributed by atoms with E-state index in [0.717, 1.165) is 11.1 Å². The van der Waals surface area contributed by atoms with Crippen molar-refractivity contribution in [2.45, 2.75) is 0 Å². The van der Waals surface area contributed by atoms with Crippen LogP contribution in [0.1, 0.15) is 20.7 Å². The number of hydrogen-bond donors (Lipinski definition) is 0. The van der Waals surface area contributed by atoms with Gasteiger partial charge in [-0.1, -0.05) is 60.7 Å². The number of nitrogens with zero attached hydrogens (tertiary/aromatic N) is 4. The summed E-state index contributed by atoms with van der Waals surface area (Å²) in [7, 11) is 2.52. The van der Waals surface area contributed by atoms with E-state index in [0.29, 0.717) is 23.8 Å². The average Bonchev–Trinajstić information content (AvgIpc) is 3.26. The summed E-state index contributed by atoms with van der Waals surface area (Å²) in [6.07, 6.45) is 0.861. The minimum Gasteiger partial charge on any atom is -0.480 e. The van der Waals surface area contributed by atoms with Crippen LogP contribution in [0.4, 0.5) is 55.3 Å². The Kier molecular flexibility index (Phi) is 21.6. The van der Waals surface area contributed by atoms with Crippen molar-refractivity contribution in [3.8, 4) is 34.3 Å². The van der Waals surface area contributed by atoms with Gasteiger partial charge in [-0.2, -0.15) is 0 Å². The molecule has 2 heterocycles. The summed E-state index contributed by atoms with van der Waals surface area (Å²) in [6.45, 7) is 0. The Morgan fingerprint density at radius 3 is 1.02 bits per heavy atom. The Balaban J connectivity index is 0.000000582. The minimum absolute atomic E-state index is 0. The van der Waals surface area contributed by atoms with E-state index in [2.05, 4.69) is 20.0 Å². The molecule has 6 rings (SSSR count). The molecule has 0 saturated heterocycles. The van der Waals surface area contributed by atoms with Crippen molar-refractivity contribution >= 4 is 69.3 Å². The topological polar surface area (TPSA) is 103 Å². The van der Waals surface area contributed by atoms with Crippen molar-refractivity contribution in [2.75, 3.05) is 14.2 Å². The molecule has 0 aliphatic carbocycles. The Labute approximate surface area is 386 Å². The van der Waals surface area contributed by atoms with Gasteiger partial charge in [0.15, 0.2) is 46.5 Å². The van der Waals surface area contributed by atoms with Gasteiger partial charge in [0, 0.05) is 45.0 Å². The van der Waals surface area contributed by atoms with E-state index in [-0.39, 0.29) is 90.7 Å². The van der Waals surface area contributed by atoms with Gasteiger partial charge in [0.25, 0.3) is 0 Å². The molecule has 0 aliphatic rings. The predicted molar refractivity (Wildman–Crippen MR) is 211 cm³/mol. The van der Waals surface area contributed by atoms with Crippen molar-refractivity contribution < 1.29 is 96.8 Å². The molecule has 8 nitrogen and oxygen atoms in total. The quantitative estimate of drug-likeness (QED) is 0.0338. The number of Topliss-reactive ketones (excluding diaryl/α,β-unsaturated/α-hetero) is 2. The number of aliphatic imine (C=N–C) groups is 2. The minimum atomic E-state index is -2.31. The predicted octanol–water partition coefficient (Wildman–Crippen LogP) is 11.2. The number of ketones is 2. The van der Waals surface area contributed by atoms with Crippen molar-refractivity contribution in [3.05, 3.63) is 154 Å². The van der Waals surface area contributed by atoms with Crippen molar-refractivity contribution in [1.29, 1.82) is 0 Å². The zero-order valence-corrected chi connectivity index (χ0v) is 36.5. The monoisotopic (exact) mass is 1090 g/mol. The summed E-state index contributed by atoms with van der Waals surface area (Å²) in [4.78, 5) is 39.3. The Hall–Kier alpha value is -5.25. The normalized spacial score (nSPS) is 10.4. The van der Waals surface area contributed by atoms with Crippen molar-refractivity contribution in [1.82, 2.24) is 9.97 Å². The zero-order chi connectivity index (χ0) is 42.3. The number of carbonyl (C=O) groups is 2. The molecule has 62 heavy (non-hydrogen) atoms. The summed E-state index contributed by atoms with van der Waals surface area (Å²) in [5.74, 6) is -23.8. The summed E-state index contributed by atoms with van der Waals surface area (Å²) >= 11 is 0. The molecule has 0 spiro atoms. The molecule has 6 aromatic rings. The van der Waals surface area contributed by atoms with E-state index in [9.17, 15) is 53.5 Å². The van der Waals surface area contributed by atoms with Gasteiger partial charge in [-0.15, -0.1) is 34.0 Å². The maximum Gasteiger partial charge on any atom is 0.225 e. The van der Waals surface area contributed by atoms with Crippen LogP contribution in [0.25, 0.3) is 22.5 Å². The van der Waals surface area contributed by atoms with Gasteiger partial charge in [-0.3, -0.25) is 9.59 Å². The second-order valence-electron chi connectivity index (χ2n) is 11.3. The summed E-state index contributed by atoms with van der Waals surface area (Å²) in [6, 6.07) is 23.7. The number of halogens is 12. The molecular weight excluding hydrogens is 1070 g/mol. The molecule has 0 bridgehead atoms. The van der Waals surface area contributed by atoms with Gasteiger partial charge in [-0.25, -0.2) is 63.9 Å². The van der Waals surface area contributed by atoms with E-state index >= 15 is 0 Å². The van der Waals surface area contributed by atoms with E-state index in [4.69, 9.17) is 9.47 Å². The number of hydrogen-bond acceptors (Lipinski definition) is 8. The molecule has 0 N–H and O–H groups in total. The van der Waals surface area contributed by atoms with Crippen LogP contribution in [0.2, 0.25) is 0 Å². The van der Waals surface area contributed by atoms with Crippen molar-refractivity contribution in [2.24, 2.45) is 9.98 Å². The maximum absolute atomic E-state index is 13.7. The van der Waals surface area contributed by atoms with Crippen LogP contribution in [0.3, 0.4) is 0 Å². The first kappa shape index (κ1) is 54.8. The molecule has 0 unspecified atom stereocenters. The second kappa shape index (κ2) is 24.4. The van der Waals surface area contributed by atoms with Gasteiger partial charge in [0.05, 0.1) is 49.2 Å². The SMILES string of the molecule is Br.Br.COc1nc(-c2ccccc2)ccc1C(=O)C=Nc1c(F)c(F)c(F)c(F)c1F.COc1nc(-c2ccccc2)ccc1C(=O)C=Nc1c(F)c(F)c(F)c(F)c1F.[Co].[Fe]. The fourth-order valence-electron chi connectivity index (χ4n) is 4.91. The summed E-state index contributed by atoms with van der Waals surface area (Å²) in [5, 5.41) is 0. The average molecular weight is 1090 g/mol. The zero-order valence-electron chi connectivity index (χ0n) is 30.9. The fourth-order valence-corrected chi connectivity index (χ4v) is 4.91. The smallest absolute Gasteiger partial charge is 0.225 e. The molecule has 0 aliphatic heterocycles. The molecule has 0 saturated carbocycles. The Bertz CT molecular complexity index is 2380. The van der Waals surface area contributed by atoms with Gasteiger partial charge in [-0.05, 0) is 24.3 Å². The third-order valence-corrected chi connectivity index (χ3v) is 7.77. The van der Waals surface area contributed by atoms with E-state index < -0.39 is 81.1 Å². The van der Waals surface area contributed by atoms with Gasteiger partial charge < -0.3 is 9.47 Å². The van der Waals surface area contributed by atoms with Crippen LogP contribution in [-0.4, -0.2) is 48.2 Å². The molecule has 1 radical (unpaired) electrons. The molecule has 0 fully saturated rings. The second-order valence-corrected chi connectivity index (χ2v) is 11.3. The summed E-state index contributed by atoms with van der Waals surface area (Å²) < 4.78 is 144. The molecular formula is C40H24Br2CoF10FeN4O4. The number of pyridine rings is 2. The van der Waals surface area contributed by atoms with E-state index in [1.807, 2.05) is 12.1 Å². The number of rotatable bonds is 10. The third kappa shape index (κ3) is 12.0. The van der Waals surface area contributed by atoms with Crippen LogP contribution in [0, 0.1) is 58.2 Å². The van der Waals surface area contributed by atoms with E-state index in [1.165, 1.54) is 38.5 Å². The molecule has 0 atom stereocenters. The van der Waals surface area contributed by atoms with Gasteiger partial charge in [0.1, 0.15) is 11.4 Å². The Morgan fingerprint density at radius 1 is 0.468 bits per heavy atom. The van der Waals surface area contributed by atoms with Gasteiger partial charge in [0.2, 0.25) is 35.0 Å². The summed E-state index contributed by atoms with van der Waals surface area (Å²) in [5.41, 5.74) is -0.670. The molecule has 0 amide bonds. The van der Waals surface area contributed by atoms with E-state index in [1.54, 1.807) is 48.5 Å². The standard InChI is InChI=1S/2C20H11F5N2O2.2BrH.Co.Fe/c2*1-29-20-11(7-8-12(27-20)10-5-3-2-4-6-10)13(28)9-26-19-17(24)15(22)14(21)16(23)18(19)25;;;;/h2*2-9H,1H3;2*1H;;. The largest absolute Gasteiger partial charge is 0.480 e. The molecule has 329 valence electrons. The first-order valence-corrected chi connectivity index (χ1v) is 16.1. The van der Waals surface area contributed by atoms with Crippen LogP contribution in [0.15, 0.2) is 94.9 Å². The number of methoxy groups -OCH3 is 2. The van der Waals surface area contributed by atoms with Gasteiger partial charge >= 0.3 is 0 Å². The first-order valence-electron chi connectivity index (χ1n) is 16.1. The Morgan fingerprint density at radius 2 is 0.742 bits per heavy atom. The maximum atomic E-state index is 13.7. The van der Waals surface area contributed by atoms with Crippen LogP contribution >= 0.6 is 34.0 Å². The van der Waals surface area contributed by atoms with Crippen LogP contribution in [-0.2, 0) is 33.8 Å². The first-order chi connectivity index (χ1) is 27.7. The fraction of sp³-hybridized carbons (Fsp3) is 0.0500. The van der Waals surface area contributed by atoms with Crippen LogP contribution in [0.5, 0.6) is 11.8 Å². The number of aromatic nitrogens is 2. The molecule has 22 heteroatoms. The molecule has 4 aromatic carbocycles.